The van der Waals surface area contributed by atoms with Crippen LogP contribution in [0.2, 0.25) is 5.02 Å². The summed E-state index contributed by atoms with van der Waals surface area (Å²) in [6, 6.07) is 7.21. The Balaban J connectivity index is 1.76. The zero-order valence-electron chi connectivity index (χ0n) is 12.9. The van der Waals surface area contributed by atoms with E-state index in [-0.39, 0.29) is 11.4 Å². The smallest absolute Gasteiger partial charge is 0.253 e. The highest BCUT2D eigenvalue weighted by molar-refractivity contribution is 6.30. The minimum absolute atomic E-state index is 0.126. The summed E-state index contributed by atoms with van der Waals surface area (Å²) in [6.07, 6.45) is 6.65. The molecule has 2 aliphatic rings. The highest BCUT2D eigenvalue weighted by Crippen LogP contribution is 2.37. The predicted octanol–water partition coefficient (Wildman–Crippen LogP) is 3.60. The summed E-state index contributed by atoms with van der Waals surface area (Å²) in [5.74, 6) is 0.126. The Morgan fingerprint density at radius 3 is 2.59 bits per heavy atom. The molecule has 2 aliphatic heterocycles. The fraction of sp³-hybridized carbons (Fsp3) is 0.500. The topological polar surface area (TPSA) is 23.6 Å². The number of piperidine rings is 1. The van der Waals surface area contributed by atoms with E-state index in [2.05, 4.69) is 11.5 Å². The van der Waals surface area contributed by atoms with Crippen LogP contribution in [0, 0.1) is 0 Å². The highest BCUT2D eigenvalue weighted by atomic mass is 35.5. The minimum Gasteiger partial charge on any atom is -0.337 e. The second kappa shape index (κ2) is 6.43. The first-order valence-corrected chi connectivity index (χ1v) is 8.43. The van der Waals surface area contributed by atoms with Crippen molar-refractivity contribution in [2.45, 2.75) is 31.2 Å². The summed E-state index contributed by atoms with van der Waals surface area (Å²) in [5.41, 5.74) is 0.892. The van der Waals surface area contributed by atoms with Crippen LogP contribution in [-0.4, -0.2) is 47.4 Å². The molecule has 2 fully saturated rings. The lowest BCUT2D eigenvalue weighted by Crippen LogP contribution is -2.56. The Bertz CT molecular complexity index is 557. The molecule has 0 bridgehead atoms. The van der Waals surface area contributed by atoms with Gasteiger partial charge in [0, 0.05) is 35.8 Å². The predicted molar refractivity (Wildman–Crippen MR) is 90.3 cm³/mol. The van der Waals surface area contributed by atoms with E-state index in [0.717, 1.165) is 38.2 Å². The molecule has 1 unspecified atom stereocenters. The third-order valence-corrected chi connectivity index (χ3v) is 5.28. The van der Waals surface area contributed by atoms with Gasteiger partial charge in [0.1, 0.15) is 0 Å². The third-order valence-electron chi connectivity index (χ3n) is 5.02. The first-order valence-electron chi connectivity index (χ1n) is 8.05. The van der Waals surface area contributed by atoms with Gasteiger partial charge in [0.05, 0.1) is 0 Å². The quantitative estimate of drug-likeness (QED) is 0.795. The molecule has 3 rings (SSSR count). The van der Waals surface area contributed by atoms with Crippen molar-refractivity contribution in [2.24, 2.45) is 0 Å². The van der Waals surface area contributed by atoms with Gasteiger partial charge < -0.3 is 4.90 Å². The van der Waals surface area contributed by atoms with Gasteiger partial charge in [0.15, 0.2) is 0 Å². The molecular formula is C18H23ClN2O. The monoisotopic (exact) mass is 318 g/mol. The van der Waals surface area contributed by atoms with E-state index in [1.807, 2.05) is 23.1 Å². The molecule has 0 aliphatic carbocycles. The van der Waals surface area contributed by atoms with Crippen LogP contribution in [0.3, 0.4) is 0 Å². The van der Waals surface area contributed by atoms with Gasteiger partial charge in [-0.1, -0.05) is 17.7 Å². The van der Waals surface area contributed by atoms with E-state index < -0.39 is 0 Å². The van der Waals surface area contributed by atoms with Crippen molar-refractivity contribution in [3.05, 3.63) is 47.5 Å². The summed E-state index contributed by atoms with van der Waals surface area (Å²) in [7, 11) is 0. The molecule has 0 saturated carbocycles. The molecule has 4 heteroatoms. The number of carbonyl (C=O) groups excluding carboxylic acids is 1. The average Bonchev–Trinajstić information content (AvgIpc) is 2.90. The van der Waals surface area contributed by atoms with E-state index in [1.54, 1.807) is 12.1 Å². The van der Waals surface area contributed by atoms with Gasteiger partial charge in [-0.05, 0) is 56.5 Å². The molecular weight excluding hydrogens is 296 g/mol. The molecule has 3 nitrogen and oxygen atoms in total. The Hall–Kier alpha value is -1.32. The number of hydrogen-bond donors (Lipinski definition) is 0. The fourth-order valence-electron chi connectivity index (χ4n) is 3.96. The van der Waals surface area contributed by atoms with Crippen molar-refractivity contribution in [1.29, 1.82) is 0 Å². The van der Waals surface area contributed by atoms with Crippen LogP contribution in [0.1, 0.15) is 36.0 Å². The van der Waals surface area contributed by atoms with Crippen molar-refractivity contribution in [2.75, 3.05) is 26.2 Å². The zero-order chi connectivity index (χ0) is 15.6. The van der Waals surface area contributed by atoms with Crippen LogP contribution in [0.15, 0.2) is 36.9 Å². The first kappa shape index (κ1) is 15.6. The van der Waals surface area contributed by atoms with Crippen LogP contribution < -0.4 is 0 Å². The number of nitrogens with zero attached hydrogens (tertiary/aromatic N) is 2. The molecule has 1 amide bonds. The molecule has 0 radical (unpaired) electrons. The number of rotatable bonds is 3. The molecule has 1 aromatic rings. The highest BCUT2D eigenvalue weighted by Gasteiger charge is 2.44. The number of likely N-dealkylation sites (tertiary alicyclic amines) is 2. The lowest BCUT2D eigenvalue weighted by atomic mass is 9.86. The maximum absolute atomic E-state index is 12.8. The molecule has 1 spiro atoms. The summed E-state index contributed by atoms with van der Waals surface area (Å²) in [4.78, 5) is 17.3. The lowest BCUT2D eigenvalue weighted by molar-refractivity contribution is 0.0367. The molecule has 1 aromatic carbocycles. The van der Waals surface area contributed by atoms with Gasteiger partial charge in [0.25, 0.3) is 5.91 Å². The summed E-state index contributed by atoms with van der Waals surface area (Å²) in [6.45, 7) is 7.61. The van der Waals surface area contributed by atoms with Crippen molar-refractivity contribution in [1.82, 2.24) is 9.80 Å². The summed E-state index contributed by atoms with van der Waals surface area (Å²) >= 11 is 5.91. The van der Waals surface area contributed by atoms with E-state index in [1.165, 1.54) is 19.3 Å². The van der Waals surface area contributed by atoms with Crippen molar-refractivity contribution >= 4 is 17.5 Å². The Labute approximate surface area is 137 Å². The Morgan fingerprint density at radius 2 is 1.91 bits per heavy atom. The minimum atomic E-state index is 0.126. The Kier molecular flexibility index (Phi) is 4.55. The van der Waals surface area contributed by atoms with E-state index in [0.29, 0.717) is 5.02 Å². The number of halogens is 1. The van der Waals surface area contributed by atoms with E-state index >= 15 is 0 Å². The molecule has 0 N–H and O–H groups in total. The van der Waals surface area contributed by atoms with Crippen LogP contribution >= 0.6 is 11.6 Å². The Morgan fingerprint density at radius 1 is 1.23 bits per heavy atom. The normalized spacial score (nSPS) is 25.6. The maximum Gasteiger partial charge on any atom is 0.253 e. The molecule has 22 heavy (non-hydrogen) atoms. The van der Waals surface area contributed by atoms with Gasteiger partial charge in [-0.15, -0.1) is 6.58 Å². The third kappa shape index (κ3) is 2.92. The number of carbonyl (C=O) groups is 1. The molecule has 0 aromatic heterocycles. The second-order valence-electron chi connectivity index (χ2n) is 6.40. The van der Waals surface area contributed by atoms with Crippen molar-refractivity contribution in [3.63, 3.8) is 0 Å². The average molecular weight is 319 g/mol. The summed E-state index contributed by atoms with van der Waals surface area (Å²) in [5, 5.41) is 0.666. The first-order chi connectivity index (χ1) is 10.6. The van der Waals surface area contributed by atoms with Crippen molar-refractivity contribution < 1.29 is 4.79 Å². The maximum atomic E-state index is 12.8. The standard InChI is InChI=1S/C18H23ClN2O/c1-2-11-21-13-4-10-18(21)9-3-12-20(14-18)17(22)15-5-7-16(19)8-6-15/h2,5-8H,1,3-4,9-14H2. The molecule has 2 saturated heterocycles. The lowest BCUT2D eigenvalue weighted by Gasteiger charge is -2.45. The van der Waals surface area contributed by atoms with Gasteiger partial charge in [-0.25, -0.2) is 0 Å². The SMILES string of the molecule is C=CCN1CCCC12CCCN(C(=O)c1ccc(Cl)cc1)C2. The number of hydrogen-bond acceptors (Lipinski definition) is 2. The van der Waals surface area contributed by atoms with Crippen molar-refractivity contribution in [3.8, 4) is 0 Å². The van der Waals surface area contributed by atoms with Gasteiger partial charge in [0.2, 0.25) is 0 Å². The van der Waals surface area contributed by atoms with E-state index in [9.17, 15) is 4.79 Å². The summed E-state index contributed by atoms with van der Waals surface area (Å²) < 4.78 is 0. The molecule has 2 heterocycles. The number of benzene rings is 1. The largest absolute Gasteiger partial charge is 0.337 e. The molecule has 1 atom stereocenters. The molecule has 118 valence electrons. The number of amides is 1. The van der Waals surface area contributed by atoms with Crippen LogP contribution in [-0.2, 0) is 0 Å². The van der Waals surface area contributed by atoms with Crippen LogP contribution in [0.25, 0.3) is 0 Å². The van der Waals surface area contributed by atoms with Gasteiger partial charge in [-0.2, -0.15) is 0 Å². The van der Waals surface area contributed by atoms with Crippen LogP contribution in [0.5, 0.6) is 0 Å². The second-order valence-corrected chi connectivity index (χ2v) is 6.84. The van der Waals surface area contributed by atoms with Gasteiger partial charge >= 0.3 is 0 Å². The zero-order valence-corrected chi connectivity index (χ0v) is 13.7. The van der Waals surface area contributed by atoms with E-state index in [4.69, 9.17) is 11.6 Å². The van der Waals surface area contributed by atoms with Crippen LogP contribution in [0.4, 0.5) is 0 Å². The fourth-order valence-corrected chi connectivity index (χ4v) is 4.08. The van der Waals surface area contributed by atoms with Gasteiger partial charge in [-0.3, -0.25) is 9.69 Å².